The van der Waals surface area contributed by atoms with Crippen molar-refractivity contribution in [3.8, 4) is 0 Å². The Bertz CT molecular complexity index is 322. The zero-order chi connectivity index (χ0) is 12.0. The van der Waals surface area contributed by atoms with E-state index in [-0.39, 0.29) is 13.1 Å². The molecule has 0 aliphatic carbocycles. The van der Waals surface area contributed by atoms with Crippen LogP contribution in [0.2, 0.25) is 0 Å². The molecule has 0 fully saturated rings. The van der Waals surface area contributed by atoms with E-state index in [1.165, 1.54) is 12.5 Å². The highest BCUT2D eigenvalue weighted by Crippen LogP contribution is 2.11. The summed E-state index contributed by atoms with van der Waals surface area (Å²) in [7, 11) is 0. The Kier molecular flexibility index (Phi) is 4.36. The summed E-state index contributed by atoms with van der Waals surface area (Å²) in [5, 5.41) is 4.44. The van der Waals surface area contributed by atoms with Crippen molar-refractivity contribution >= 4 is 5.91 Å². The molecule has 1 rings (SSSR count). The van der Waals surface area contributed by atoms with Crippen LogP contribution in [0.3, 0.4) is 0 Å². The average molecular weight is 236 g/mol. The number of hydrogen-bond acceptors (Lipinski definition) is 3. The first-order valence-corrected chi connectivity index (χ1v) is 4.52. The van der Waals surface area contributed by atoms with Gasteiger partial charge in [-0.1, -0.05) is 0 Å². The third-order valence-electron chi connectivity index (χ3n) is 1.68. The van der Waals surface area contributed by atoms with Crippen molar-refractivity contribution in [2.24, 2.45) is 0 Å². The zero-order valence-corrected chi connectivity index (χ0v) is 8.30. The minimum absolute atomic E-state index is 0.239. The number of halogens is 3. The lowest BCUT2D eigenvalue weighted by Gasteiger charge is -2.08. The second kappa shape index (κ2) is 5.55. The lowest BCUT2D eigenvalue weighted by molar-refractivity contribution is -0.128. The number of rotatable bonds is 5. The molecule has 0 aliphatic heterocycles. The van der Waals surface area contributed by atoms with Crippen molar-refractivity contribution in [3.63, 3.8) is 0 Å². The number of nitrogens with one attached hydrogen (secondary N) is 2. The summed E-state index contributed by atoms with van der Waals surface area (Å²) in [6.07, 6.45) is -1.41. The summed E-state index contributed by atoms with van der Waals surface area (Å²) < 4.78 is 39.9. The van der Waals surface area contributed by atoms with E-state index in [2.05, 4.69) is 5.32 Å². The van der Waals surface area contributed by atoms with Gasteiger partial charge in [-0.15, -0.1) is 0 Å². The molecule has 4 nitrogen and oxygen atoms in total. The van der Waals surface area contributed by atoms with Gasteiger partial charge in [0.15, 0.2) is 0 Å². The summed E-state index contributed by atoms with van der Waals surface area (Å²) in [6, 6.07) is 1.66. The first-order chi connectivity index (χ1) is 7.47. The molecular formula is C9H11F3N2O2. The largest absolute Gasteiger partial charge is 0.472 e. The van der Waals surface area contributed by atoms with E-state index in [0.29, 0.717) is 0 Å². The molecule has 1 amide bonds. The standard InChI is InChI=1S/C9H11F3N2O2/c10-9(11,12)6-13-4-8(15)14-3-7-1-2-16-5-7/h1-2,5,13H,3-4,6H2,(H,14,15). The lowest BCUT2D eigenvalue weighted by atomic mass is 10.3. The van der Waals surface area contributed by atoms with Crippen LogP contribution in [-0.4, -0.2) is 25.2 Å². The van der Waals surface area contributed by atoms with Crippen molar-refractivity contribution < 1.29 is 22.4 Å². The SMILES string of the molecule is O=C(CNCC(F)(F)F)NCc1ccoc1. The number of carbonyl (C=O) groups excluding carboxylic acids is 1. The van der Waals surface area contributed by atoms with Gasteiger partial charge in [0.05, 0.1) is 25.6 Å². The fourth-order valence-corrected chi connectivity index (χ4v) is 0.974. The zero-order valence-electron chi connectivity index (χ0n) is 8.30. The molecule has 7 heteroatoms. The Morgan fingerprint density at radius 3 is 2.75 bits per heavy atom. The third kappa shape index (κ3) is 5.40. The predicted molar refractivity (Wildman–Crippen MR) is 49.5 cm³/mol. The van der Waals surface area contributed by atoms with Crippen LogP contribution in [0.25, 0.3) is 0 Å². The summed E-state index contributed by atoms with van der Waals surface area (Å²) in [6.45, 7) is -1.30. The van der Waals surface area contributed by atoms with E-state index in [1.807, 2.05) is 5.32 Å². The Balaban J connectivity index is 2.12. The third-order valence-corrected chi connectivity index (χ3v) is 1.68. The first kappa shape index (κ1) is 12.6. The van der Waals surface area contributed by atoms with Crippen LogP contribution in [0.15, 0.2) is 23.0 Å². The molecule has 0 bridgehead atoms. The van der Waals surface area contributed by atoms with Gasteiger partial charge in [0, 0.05) is 12.1 Å². The molecule has 0 radical (unpaired) electrons. The molecule has 90 valence electrons. The van der Waals surface area contributed by atoms with Crippen molar-refractivity contribution in [1.29, 1.82) is 0 Å². The fraction of sp³-hybridized carbons (Fsp3) is 0.444. The Morgan fingerprint density at radius 1 is 1.44 bits per heavy atom. The van der Waals surface area contributed by atoms with Gasteiger partial charge in [-0.25, -0.2) is 0 Å². The summed E-state index contributed by atoms with van der Waals surface area (Å²) in [5.41, 5.74) is 0.754. The highest BCUT2D eigenvalue weighted by Gasteiger charge is 2.26. The minimum Gasteiger partial charge on any atom is -0.472 e. The van der Waals surface area contributed by atoms with Crippen LogP contribution in [0, 0.1) is 0 Å². The summed E-state index contributed by atoms with van der Waals surface area (Å²) in [5.74, 6) is -0.495. The topological polar surface area (TPSA) is 54.3 Å². The molecule has 0 unspecified atom stereocenters. The van der Waals surface area contributed by atoms with Gasteiger partial charge in [0.25, 0.3) is 0 Å². The van der Waals surface area contributed by atoms with E-state index in [1.54, 1.807) is 6.07 Å². The van der Waals surface area contributed by atoms with Crippen LogP contribution in [-0.2, 0) is 11.3 Å². The van der Waals surface area contributed by atoms with Crippen LogP contribution < -0.4 is 10.6 Å². The van der Waals surface area contributed by atoms with Crippen molar-refractivity contribution in [2.45, 2.75) is 12.7 Å². The van der Waals surface area contributed by atoms with Crippen LogP contribution in [0.4, 0.5) is 13.2 Å². The smallest absolute Gasteiger partial charge is 0.401 e. The molecule has 1 heterocycles. The summed E-state index contributed by atoms with van der Waals surface area (Å²) in [4.78, 5) is 11.1. The molecule has 1 aromatic rings. The minimum atomic E-state index is -4.30. The summed E-state index contributed by atoms with van der Waals surface area (Å²) >= 11 is 0. The quantitative estimate of drug-likeness (QED) is 0.803. The van der Waals surface area contributed by atoms with Gasteiger partial charge < -0.3 is 15.1 Å². The molecule has 0 atom stereocenters. The van der Waals surface area contributed by atoms with Gasteiger partial charge in [0.1, 0.15) is 0 Å². The molecule has 16 heavy (non-hydrogen) atoms. The van der Waals surface area contributed by atoms with E-state index in [9.17, 15) is 18.0 Å². The Morgan fingerprint density at radius 2 is 2.19 bits per heavy atom. The average Bonchev–Trinajstić information content (AvgIpc) is 2.65. The number of amides is 1. The number of carbonyl (C=O) groups is 1. The van der Waals surface area contributed by atoms with Crippen LogP contribution in [0.5, 0.6) is 0 Å². The van der Waals surface area contributed by atoms with E-state index >= 15 is 0 Å². The molecule has 0 saturated heterocycles. The van der Waals surface area contributed by atoms with Crippen LogP contribution in [0.1, 0.15) is 5.56 Å². The van der Waals surface area contributed by atoms with Gasteiger partial charge >= 0.3 is 6.18 Å². The molecule has 0 saturated carbocycles. The number of alkyl halides is 3. The molecule has 0 spiro atoms. The molecular weight excluding hydrogens is 225 g/mol. The second-order valence-electron chi connectivity index (χ2n) is 3.13. The molecule has 0 aliphatic rings. The maximum Gasteiger partial charge on any atom is 0.401 e. The molecule has 1 aromatic heterocycles. The van der Waals surface area contributed by atoms with Gasteiger partial charge in [0.2, 0.25) is 5.91 Å². The molecule has 2 N–H and O–H groups in total. The number of furan rings is 1. The monoisotopic (exact) mass is 236 g/mol. The van der Waals surface area contributed by atoms with Gasteiger partial charge in [-0.3, -0.25) is 4.79 Å². The van der Waals surface area contributed by atoms with Crippen LogP contribution >= 0.6 is 0 Å². The van der Waals surface area contributed by atoms with Gasteiger partial charge in [-0.2, -0.15) is 13.2 Å². The normalized spacial score (nSPS) is 11.4. The van der Waals surface area contributed by atoms with E-state index < -0.39 is 18.6 Å². The Hall–Kier alpha value is -1.50. The lowest BCUT2D eigenvalue weighted by Crippen LogP contribution is -2.37. The predicted octanol–water partition coefficient (Wildman–Crippen LogP) is 1.05. The number of hydrogen-bond donors (Lipinski definition) is 2. The molecule has 0 aromatic carbocycles. The second-order valence-corrected chi connectivity index (χ2v) is 3.13. The van der Waals surface area contributed by atoms with E-state index in [0.717, 1.165) is 5.56 Å². The Labute approximate surface area is 89.8 Å². The highest BCUT2D eigenvalue weighted by molar-refractivity contribution is 5.77. The van der Waals surface area contributed by atoms with Crippen molar-refractivity contribution in [3.05, 3.63) is 24.2 Å². The highest BCUT2D eigenvalue weighted by atomic mass is 19.4. The van der Waals surface area contributed by atoms with Gasteiger partial charge in [-0.05, 0) is 6.07 Å². The fourth-order valence-electron chi connectivity index (χ4n) is 0.974. The van der Waals surface area contributed by atoms with E-state index in [4.69, 9.17) is 4.42 Å². The first-order valence-electron chi connectivity index (χ1n) is 4.52. The van der Waals surface area contributed by atoms with Crippen molar-refractivity contribution in [2.75, 3.05) is 13.1 Å². The maximum absolute atomic E-state index is 11.7. The van der Waals surface area contributed by atoms with Crippen molar-refractivity contribution in [1.82, 2.24) is 10.6 Å². The maximum atomic E-state index is 11.7.